The standard InChI is InChI=1S/C32H33O3S/c1-24(2)25-18-20-26(21-19-25)32(3,4)35-31(33)23-34-27-12-11-17-30(22-27)36(28-13-7-5-8-14-28)29-15-9-6-10-16-29/h5-22,24H,23H2,1-4H3/q+1. The van der Waals surface area contributed by atoms with Gasteiger partial charge in [0.25, 0.3) is 0 Å². The normalized spacial score (nSPS) is 11.5. The fraction of sp³-hybridized carbons (Fsp3) is 0.219. The van der Waals surface area contributed by atoms with Crippen molar-refractivity contribution in [1.29, 1.82) is 0 Å². The number of hydrogen-bond donors (Lipinski definition) is 0. The van der Waals surface area contributed by atoms with Crippen LogP contribution in [0.4, 0.5) is 0 Å². The van der Waals surface area contributed by atoms with Crippen molar-refractivity contribution in [2.24, 2.45) is 0 Å². The Bertz CT molecular complexity index is 1230. The minimum absolute atomic E-state index is 0.151. The molecule has 0 spiro atoms. The van der Waals surface area contributed by atoms with Gasteiger partial charge in [-0.15, -0.1) is 0 Å². The van der Waals surface area contributed by atoms with Gasteiger partial charge in [-0.3, -0.25) is 0 Å². The Morgan fingerprint density at radius 2 is 1.31 bits per heavy atom. The highest BCUT2D eigenvalue weighted by Gasteiger charge is 2.29. The first-order valence-electron chi connectivity index (χ1n) is 12.2. The Balaban J connectivity index is 1.46. The molecule has 0 aliphatic rings. The Labute approximate surface area is 217 Å². The van der Waals surface area contributed by atoms with Gasteiger partial charge in [-0.25, -0.2) is 4.79 Å². The van der Waals surface area contributed by atoms with Crippen LogP contribution in [0.1, 0.15) is 44.7 Å². The van der Waals surface area contributed by atoms with Crippen LogP contribution in [-0.2, 0) is 26.0 Å². The van der Waals surface area contributed by atoms with Gasteiger partial charge in [0, 0.05) is 6.07 Å². The first kappa shape index (κ1) is 25.6. The van der Waals surface area contributed by atoms with Crippen molar-refractivity contribution >= 4 is 16.9 Å². The number of carbonyl (C=O) groups is 1. The van der Waals surface area contributed by atoms with Gasteiger partial charge < -0.3 is 9.47 Å². The van der Waals surface area contributed by atoms with Gasteiger partial charge >= 0.3 is 5.97 Å². The second kappa shape index (κ2) is 11.5. The van der Waals surface area contributed by atoms with Gasteiger partial charge in [0.1, 0.15) is 11.4 Å². The summed E-state index contributed by atoms with van der Waals surface area (Å²) >= 11 is 0. The highest BCUT2D eigenvalue weighted by molar-refractivity contribution is 7.97. The third-order valence-corrected chi connectivity index (χ3v) is 8.21. The molecule has 0 amide bonds. The predicted octanol–water partition coefficient (Wildman–Crippen LogP) is 7.76. The van der Waals surface area contributed by atoms with E-state index >= 15 is 0 Å². The van der Waals surface area contributed by atoms with Crippen LogP contribution >= 0.6 is 0 Å². The second-order valence-corrected chi connectivity index (χ2v) is 11.5. The minimum Gasteiger partial charge on any atom is -0.482 e. The molecule has 4 aromatic rings. The van der Waals surface area contributed by atoms with Crippen LogP contribution in [0.15, 0.2) is 124 Å². The van der Waals surface area contributed by atoms with Crippen molar-refractivity contribution in [3.8, 4) is 5.75 Å². The van der Waals surface area contributed by atoms with Crippen LogP contribution in [0.3, 0.4) is 0 Å². The third-order valence-electron chi connectivity index (χ3n) is 6.00. The summed E-state index contributed by atoms with van der Waals surface area (Å²) in [6.45, 7) is 7.98. The number of rotatable bonds is 9. The summed E-state index contributed by atoms with van der Waals surface area (Å²) in [4.78, 5) is 16.3. The molecule has 0 saturated heterocycles. The van der Waals surface area contributed by atoms with E-state index in [4.69, 9.17) is 9.47 Å². The first-order valence-corrected chi connectivity index (χ1v) is 13.5. The van der Waals surface area contributed by atoms with Crippen LogP contribution in [0.25, 0.3) is 0 Å². The molecular formula is C32H33O3S+. The zero-order valence-electron chi connectivity index (χ0n) is 21.3. The molecule has 0 aliphatic heterocycles. The van der Waals surface area contributed by atoms with E-state index in [-0.39, 0.29) is 17.5 Å². The highest BCUT2D eigenvalue weighted by Crippen LogP contribution is 2.33. The number of hydrogen-bond acceptors (Lipinski definition) is 3. The van der Waals surface area contributed by atoms with E-state index in [9.17, 15) is 4.79 Å². The molecule has 0 saturated carbocycles. The fourth-order valence-corrected chi connectivity index (χ4v) is 6.12. The molecule has 0 heterocycles. The number of carbonyl (C=O) groups excluding carboxylic acids is 1. The first-order chi connectivity index (χ1) is 17.3. The summed E-state index contributed by atoms with van der Waals surface area (Å²) < 4.78 is 11.7. The molecule has 0 aliphatic carbocycles. The molecule has 0 bridgehead atoms. The summed E-state index contributed by atoms with van der Waals surface area (Å²) in [6, 6.07) is 37.1. The molecule has 184 valence electrons. The second-order valence-electron chi connectivity index (χ2n) is 9.46. The van der Waals surface area contributed by atoms with Gasteiger partial charge in [0.15, 0.2) is 21.3 Å². The monoisotopic (exact) mass is 497 g/mol. The van der Waals surface area contributed by atoms with Gasteiger partial charge in [-0.1, -0.05) is 80.6 Å². The summed E-state index contributed by atoms with van der Waals surface area (Å²) in [6.07, 6.45) is 0. The topological polar surface area (TPSA) is 35.5 Å². The highest BCUT2D eigenvalue weighted by atomic mass is 32.2. The Kier molecular flexibility index (Phi) is 8.17. The molecule has 0 atom stereocenters. The van der Waals surface area contributed by atoms with Gasteiger partial charge in [-0.05, 0) is 67.3 Å². The molecule has 4 heteroatoms. The van der Waals surface area contributed by atoms with E-state index in [1.165, 1.54) is 15.4 Å². The zero-order chi connectivity index (χ0) is 25.5. The van der Waals surface area contributed by atoms with E-state index in [1.54, 1.807) is 0 Å². The molecule has 3 nitrogen and oxygen atoms in total. The lowest BCUT2D eigenvalue weighted by atomic mass is 9.94. The Hall–Kier alpha value is -3.50. The lowest BCUT2D eigenvalue weighted by Crippen LogP contribution is -2.28. The number of benzene rings is 4. The molecule has 0 N–H and O–H groups in total. The van der Waals surface area contributed by atoms with Crippen molar-refractivity contribution < 1.29 is 14.3 Å². The van der Waals surface area contributed by atoms with E-state index in [2.05, 4.69) is 80.6 Å². The SMILES string of the molecule is CC(C)c1ccc(C(C)(C)OC(=O)COc2cccc([S+](c3ccccc3)c3ccccc3)c2)cc1. The van der Waals surface area contributed by atoms with Crippen LogP contribution in [0, 0.1) is 0 Å². The largest absolute Gasteiger partial charge is 0.482 e. The average molecular weight is 498 g/mol. The summed E-state index contributed by atoms with van der Waals surface area (Å²) in [7, 11) is -0.282. The quantitative estimate of drug-likeness (QED) is 0.175. The van der Waals surface area contributed by atoms with Crippen LogP contribution in [0.5, 0.6) is 5.75 Å². The summed E-state index contributed by atoms with van der Waals surface area (Å²) in [5, 5.41) is 0. The van der Waals surface area contributed by atoms with Crippen LogP contribution in [-0.4, -0.2) is 12.6 Å². The lowest BCUT2D eigenvalue weighted by molar-refractivity contribution is -0.159. The van der Waals surface area contributed by atoms with Gasteiger partial charge in [0.05, 0.1) is 10.9 Å². The Morgan fingerprint density at radius 3 is 1.86 bits per heavy atom. The van der Waals surface area contributed by atoms with Gasteiger partial charge in [-0.2, -0.15) is 0 Å². The van der Waals surface area contributed by atoms with E-state index in [0.29, 0.717) is 11.7 Å². The van der Waals surface area contributed by atoms with Gasteiger partial charge in [0.2, 0.25) is 0 Å². The van der Waals surface area contributed by atoms with Crippen molar-refractivity contribution in [1.82, 2.24) is 0 Å². The van der Waals surface area contributed by atoms with E-state index in [0.717, 1.165) is 10.5 Å². The zero-order valence-corrected chi connectivity index (χ0v) is 22.1. The molecule has 0 fully saturated rings. The molecule has 0 unspecified atom stereocenters. The van der Waals surface area contributed by atoms with Crippen LogP contribution in [0.2, 0.25) is 0 Å². The lowest BCUT2D eigenvalue weighted by Gasteiger charge is -2.26. The van der Waals surface area contributed by atoms with Crippen LogP contribution < -0.4 is 4.74 Å². The van der Waals surface area contributed by atoms with Crippen molar-refractivity contribution in [3.05, 3.63) is 120 Å². The maximum Gasteiger partial charge on any atom is 0.345 e. The van der Waals surface area contributed by atoms with Crippen molar-refractivity contribution in [2.45, 2.75) is 53.9 Å². The molecule has 0 aromatic heterocycles. The maximum absolute atomic E-state index is 12.7. The smallest absolute Gasteiger partial charge is 0.345 e. The van der Waals surface area contributed by atoms with Crippen molar-refractivity contribution in [2.75, 3.05) is 6.61 Å². The Morgan fingerprint density at radius 1 is 0.750 bits per heavy atom. The fourth-order valence-electron chi connectivity index (χ4n) is 4.00. The molecule has 0 radical (unpaired) electrons. The maximum atomic E-state index is 12.7. The number of ether oxygens (including phenoxy) is 2. The van der Waals surface area contributed by atoms with E-state index < -0.39 is 11.6 Å². The summed E-state index contributed by atoms with van der Waals surface area (Å²) in [5.74, 6) is 0.703. The molecule has 4 rings (SSSR count). The molecular weight excluding hydrogens is 464 g/mol. The molecule has 36 heavy (non-hydrogen) atoms. The average Bonchev–Trinajstić information content (AvgIpc) is 2.89. The number of esters is 1. The molecule has 4 aromatic carbocycles. The third kappa shape index (κ3) is 6.38. The summed E-state index contributed by atoms with van der Waals surface area (Å²) in [5.41, 5.74) is 1.47. The predicted molar refractivity (Wildman–Crippen MR) is 147 cm³/mol. The van der Waals surface area contributed by atoms with E-state index in [1.807, 2.05) is 56.3 Å². The van der Waals surface area contributed by atoms with Crippen molar-refractivity contribution in [3.63, 3.8) is 0 Å². The minimum atomic E-state index is -0.745.